The third-order valence-electron chi connectivity index (χ3n) is 2.05. The maximum absolute atomic E-state index is 13.3. The molecular formula is C9H6F2N2O2. The number of carboxylic acid groups (broad SMARTS) is 1. The molecule has 2 rings (SSSR count). The van der Waals surface area contributed by atoms with E-state index in [4.69, 9.17) is 5.11 Å². The van der Waals surface area contributed by atoms with E-state index >= 15 is 0 Å². The second-order valence-electron chi connectivity index (χ2n) is 3.08. The Morgan fingerprint density at radius 2 is 2.13 bits per heavy atom. The van der Waals surface area contributed by atoms with E-state index in [-0.39, 0.29) is 22.4 Å². The SMILES string of the molecule is Cc1nc2[nH]c(C(=O)O)cc2c(F)c1F. The van der Waals surface area contributed by atoms with E-state index in [1.54, 1.807) is 0 Å². The summed E-state index contributed by atoms with van der Waals surface area (Å²) in [5.74, 6) is -3.38. The van der Waals surface area contributed by atoms with Gasteiger partial charge in [-0.05, 0) is 13.0 Å². The first-order valence-electron chi connectivity index (χ1n) is 4.08. The Hall–Kier alpha value is -1.98. The summed E-state index contributed by atoms with van der Waals surface area (Å²) in [6.07, 6.45) is 0. The quantitative estimate of drug-likeness (QED) is 0.758. The molecule has 0 aromatic carbocycles. The number of rotatable bonds is 1. The van der Waals surface area contributed by atoms with Gasteiger partial charge in [0.1, 0.15) is 11.3 Å². The first kappa shape index (κ1) is 9.57. The fourth-order valence-electron chi connectivity index (χ4n) is 1.31. The average Bonchev–Trinajstić information content (AvgIpc) is 2.58. The van der Waals surface area contributed by atoms with Crippen LogP contribution in [-0.2, 0) is 0 Å². The van der Waals surface area contributed by atoms with Gasteiger partial charge in [-0.25, -0.2) is 18.6 Å². The zero-order chi connectivity index (χ0) is 11.2. The van der Waals surface area contributed by atoms with Crippen LogP contribution in [0.15, 0.2) is 6.07 Å². The van der Waals surface area contributed by atoms with Crippen LogP contribution in [0.2, 0.25) is 0 Å². The first-order valence-corrected chi connectivity index (χ1v) is 4.08. The molecule has 2 heterocycles. The van der Waals surface area contributed by atoms with E-state index in [9.17, 15) is 13.6 Å². The minimum absolute atomic E-state index is 0.0313. The van der Waals surface area contributed by atoms with Crippen molar-refractivity contribution in [3.05, 3.63) is 29.1 Å². The van der Waals surface area contributed by atoms with Gasteiger partial charge < -0.3 is 10.1 Å². The molecule has 0 saturated heterocycles. The fraction of sp³-hybridized carbons (Fsp3) is 0.111. The summed E-state index contributed by atoms with van der Waals surface area (Å²) in [7, 11) is 0. The Balaban J connectivity index is 2.82. The van der Waals surface area contributed by atoms with Crippen molar-refractivity contribution in [2.45, 2.75) is 6.92 Å². The number of hydrogen-bond donors (Lipinski definition) is 2. The van der Waals surface area contributed by atoms with E-state index in [1.165, 1.54) is 6.92 Å². The van der Waals surface area contributed by atoms with Crippen molar-refractivity contribution in [1.29, 1.82) is 0 Å². The zero-order valence-corrected chi connectivity index (χ0v) is 7.64. The number of hydrogen-bond acceptors (Lipinski definition) is 2. The van der Waals surface area contributed by atoms with Crippen LogP contribution < -0.4 is 0 Å². The molecule has 0 bridgehead atoms. The predicted molar refractivity (Wildman–Crippen MR) is 47.7 cm³/mol. The molecule has 2 aromatic heterocycles. The number of nitrogens with zero attached hydrogens (tertiary/aromatic N) is 1. The van der Waals surface area contributed by atoms with Crippen LogP contribution in [0.4, 0.5) is 8.78 Å². The lowest BCUT2D eigenvalue weighted by molar-refractivity contribution is 0.0691. The molecule has 0 atom stereocenters. The molecule has 0 saturated carbocycles. The van der Waals surface area contributed by atoms with Crippen molar-refractivity contribution in [1.82, 2.24) is 9.97 Å². The van der Waals surface area contributed by atoms with E-state index in [0.717, 1.165) is 6.07 Å². The Morgan fingerprint density at radius 3 is 2.73 bits per heavy atom. The first-order chi connectivity index (χ1) is 7.00. The minimum atomic E-state index is -1.24. The maximum Gasteiger partial charge on any atom is 0.352 e. The number of pyridine rings is 1. The van der Waals surface area contributed by atoms with Crippen LogP contribution in [0.25, 0.3) is 11.0 Å². The fourth-order valence-corrected chi connectivity index (χ4v) is 1.31. The molecule has 0 aliphatic carbocycles. The van der Waals surface area contributed by atoms with Crippen LogP contribution in [-0.4, -0.2) is 21.0 Å². The summed E-state index contributed by atoms with van der Waals surface area (Å²) in [5, 5.41) is 8.48. The largest absolute Gasteiger partial charge is 0.477 e. The lowest BCUT2D eigenvalue weighted by Gasteiger charge is -1.97. The molecule has 4 nitrogen and oxygen atoms in total. The Kier molecular flexibility index (Phi) is 1.92. The normalized spacial score (nSPS) is 10.9. The van der Waals surface area contributed by atoms with Crippen LogP contribution in [0.5, 0.6) is 0 Å². The Labute approximate surface area is 82.6 Å². The third kappa shape index (κ3) is 1.34. The van der Waals surface area contributed by atoms with E-state index in [1.807, 2.05) is 0 Å². The smallest absolute Gasteiger partial charge is 0.352 e. The van der Waals surface area contributed by atoms with E-state index in [0.29, 0.717) is 0 Å². The standard InChI is InChI=1S/C9H6F2N2O2/c1-3-6(10)7(11)4-2-5(9(14)15)13-8(4)12-3/h2H,1H3,(H,12,13)(H,14,15). The number of carbonyl (C=O) groups is 1. The van der Waals surface area contributed by atoms with Crippen LogP contribution in [0.3, 0.4) is 0 Å². The van der Waals surface area contributed by atoms with Gasteiger partial charge in [0.05, 0.1) is 11.1 Å². The second kappa shape index (κ2) is 3.01. The number of nitrogens with one attached hydrogen (secondary N) is 1. The zero-order valence-electron chi connectivity index (χ0n) is 7.64. The lowest BCUT2D eigenvalue weighted by atomic mass is 10.2. The molecule has 2 N–H and O–H groups in total. The lowest BCUT2D eigenvalue weighted by Crippen LogP contribution is -1.95. The van der Waals surface area contributed by atoms with Crippen LogP contribution in [0.1, 0.15) is 16.2 Å². The molecule has 0 amide bonds. The molecule has 0 spiro atoms. The molecule has 2 aromatic rings. The number of aromatic carboxylic acids is 1. The summed E-state index contributed by atoms with van der Waals surface area (Å²) in [4.78, 5) is 16.7. The van der Waals surface area contributed by atoms with Gasteiger partial charge in [-0.2, -0.15) is 0 Å². The number of fused-ring (bicyclic) bond motifs is 1. The van der Waals surface area contributed by atoms with Crippen molar-refractivity contribution in [3.8, 4) is 0 Å². The molecule has 0 unspecified atom stereocenters. The number of halogens is 2. The number of H-pyrrole nitrogens is 1. The Bertz CT molecular complexity index is 563. The number of carboxylic acids is 1. The number of aromatic nitrogens is 2. The molecule has 0 aliphatic heterocycles. The predicted octanol–water partition coefficient (Wildman–Crippen LogP) is 1.85. The highest BCUT2D eigenvalue weighted by molar-refractivity contribution is 5.92. The highest BCUT2D eigenvalue weighted by Gasteiger charge is 2.16. The molecule has 0 fully saturated rings. The molecule has 15 heavy (non-hydrogen) atoms. The van der Waals surface area contributed by atoms with Crippen molar-refractivity contribution >= 4 is 17.0 Å². The van der Waals surface area contributed by atoms with Gasteiger partial charge >= 0.3 is 5.97 Å². The van der Waals surface area contributed by atoms with Gasteiger partial charge in [0.15, 0.2) is 11.6 Å². The second-order valence-corrected chi connectivity index (χ2v) is 3.08. The third-order valence-corrected chi connectivity index (χ3v) is 2.05. The summed E-state index contributed by atoms with van der Waals surface area (Å²) in [6, 6.07) is 1.02. The van der Waals surface area contributed by atoms with Crippen LogP contribution >= 0.6 is 0 Å². The van der Waals surface area contributed by atoms with Gasteiger partial charge in [0.2, 0.25) is 0 Å². The van der Waals surface area contributed by atoms with Gasteiger partial charge in [0.25, 0.3) is 0 Å². The van der Waals surface area contributed by atoms with Crippen molar-refractivity contribution in [2.75, 3.05) is 0 Å². The van der Waals surface area contributed by atoms with Gasteiger partial charge in [-0.1, -0.05) is 0 Å². The summed E-state index contributed by atoms with van der Waals surface area (Å²) in [5.41, 5.74) is -0.302. The highest BCUT2D eigenvalue weighted by Crippen LogP contribution is 2.21. The molecular weight excluding hydrogens is 206 g/mol. The van der Waals surface area contributed by atoms with Gasteiger partial charge in [-0.15, -0.1) is 0 Å². The van der Waals surface area contributed by atoms with Crippen molar-refractivity contribution in [3.63, 3.8) is 0 Å². The molecule has 0 aliphatic rings. The van der Waals surface area contributed by atoms with Crippen molar-refractivity contribution in [2.24, 2.45) is 0 Å². The summed E-state index contributed by atoms with van der Waals surface area (Å²) >= 11 is 0. The summed E-state index contributed by atoms with van der Waals surface area (Å²) < 4.78 is 26.4. The number of aromatic amines is 1. The topological polar surface area (TPSA) is 66.0 Å². The van der Waals surface area contributed by atoms with Gasteiger partial charge in [-0.3, -0.25) is 0 Å². The molecule has 0 radical (unpaired) electrons. The summed E-state index contributed by atoms with van der Waals surface area (Å²) in [6.45, 7) is 1.30. The van der Waals surface area contributed by atoms with Crippen LogP contribution in [0, 0.1) is 18.6 Å². The van der Waals surface area contributed by atoms with Crippen molar-refractivity contribution < 1.29 is 18.7 Å². The monoisotopic (exact) mass is 212 g/mol. The molecule has 78 valence electrons. The average molecular weight is 212 g/mol. The number of aryl methyl sites for hydroxylation is 1. The minimum Gasteiger partial charge on any atom is -0.477 e. The molecule has 6 heteroatoms. The van der Waals surface area contributed by atoms with Gasteiger partial charge in [0, 0.05) is 0 Å². The van der Waals surface area contributed by atoms with E-state index < -0.39 is 17.6 Å². The highest BCUT2D eigenvalue weighted by atomic mass is 19.2. The maximum atomic E-state index is 13.3. The van der Waals surface area contributed by atoms with E-state index in [2.05, 4.69) is 9.97 Å². The Morgan fingerprint density at radius 1 is 1.47 bits per heavy atom.